The Hall–Kier alpha value is -1.55. The molecular weight excluding hydrogens is 222 g/mol. The van der Waals surface area contributed by atoms with Gasteiger partial charge in [-0.05, 0) is 12.5 Å². The van der Waals surface area contributed by atoms with Crippen molar-refractivity contribution in [1.82, 2.24) is 4.98 Å². The van der Waals surface area contributed by atoms with E-state index in [9.17, 15) is 4.79 Å². The van der Waals surface area contributed by atoms with Gasteiger partial charge in [0.15, 0.2) is 0 Å². The Morgan fingerprint density at radius 2 is 2.06 bits per heavy atom. The number of aromatic nitrogens is 1. The lowest BCUT2D eigenvalue weighted by atomic mass is 10.2. The van der Waals surface area contributed by atoms with Crippen molar-refractivity contribution in [2.24, 2.45) is 0 Å². The van der Waals surface area contributed by atoms with Gasteiger partial charge in [0.1, 0.15) is 5.76 Å². The van der Waals surface area contributed by atoms with E-state index in [4.69, 9.17) is 4.42 Å². The molecule has 4 heteroatoms. The Kier molecular flexibility index (Phi) is 3.41. The van der Waals surface area contributed by atoms with Crippen LogP contribution >= 0.6 is 11.8 Å². The number of rotatable bonds is 3. The van der Waals surface area contributed by atoms with Crippen LogP contribution in [0, 0.1) is 6.92 Å². The van der Waals surface area contributed by atoms with Gasteiger partial charge in [0.25, 0.3) is 10.8 Å². The fourth-order valence-electron chi connectivity index (χ4n) is 1.27. The molecule has 3 nitrogen and oxygen atoms in total. The number of hydrogen-bond acceptors (Lipinski definition) is 4. The SMILES string of the molecule is Cc1cc(=O)nc(SCc2ccccc2)o1. The van der Waals surface area contributed by atoms with E-state index >= 15 is 0 Å². The Morgan fingerprint density at radius 1 is 1.31 bits per heavy atom. The molecule has 0 unspecified atom stereocenters. The second-order valence-electron chi connectivity index (χ2n) is 3.35. The minimum atomic E-state index is -0.251. The van der Waals surface area contributed by atoms with Crippen LogP contribution in [-0.2, 0) is 5.75 Å². The van der Waals surface area contributed by atoms with Crippen molar-refractivity contribution in [1.29, 1.82) is 0 Å². The highest BCUT2D eigenvalue weighted by molar-refractivity contribution is 7.98. The molecule has 2 aromatic rings. The molecular formula is C12H11NO2S. The third kappa shape index (κ3) is 2.97. The van der Waals surface area contributed by atoms with Crippen molar-refractivity contribution in [3.05, 3.63) is 58.1 Å². The monoisotopic (exact) mass is 233 g/mol. The Morgan fingerprint density at radius 3 is 2.75 bits per heavy atom. The molecule has 16 heavy (non-hydrogen) atoms. The molecule has 1 heterocycles. The summed E-state index contributed by atoms with van der Waals surface area (Å²) in [7, 11) is 0. The van der Waals surface area contributed by atoms with E-state index in [0.717, 1.165) is 5.75 Å². The van der Waals surface area contributed by atoms with Crippen LogP contribution in [0.1, 0.15) is 11.3 Å². The van der Waals surface area contributed by atoms with Gasteiger partial charge in [-0.15, -0.1) is 0 Å². The number of nitrogens with zero attached hydrogens (tertiary/aromatic N) is 1. The molecule has 0 N–H and O–H groups in total. The van der Waals surface area contributed by atoms with Crippen LogP contribution in [0.15, 0.2) is 50.8 Å². The number of thioether (sulfide) groups is 1. The predicted molar refractivity (Wildman–Crippen MR) is 63.5 cm³/mol. The number of aryl methyl sites for hydroxylation is 1. The largest absolute Gasteiger partial charge is 0.438 e. The van der Waals surface area contributed by atoms with Crippen LogP contribution in [-0.4, -0.2) is 4.98 Å². The molecule has 1 aromatic heterocycles. The van der Waals surface area contributed by atoms with Crippen molar-refractivity contribution in [3.8, 4) is 0 Å². The quantitative estimate of drug-likeness (QED) is 0.764. The van der Waals surface area contributed by atoms with Crippen LogP contribution in [0.25, 0.3) is 0 Å². The molecule has 2 rings (SSSR count). The molecule has 0 bridgehead atoms. The van der Waals surface area contributed by atoms with Gasteiger partial charge < -0.3 is 4.42 Å². The maximum absolute atomic E-state index is 11.1. The molecule has 0 radical (unpaired) electrons. The summed E-state index contributed by atoms with van der Waals surface area (Å²) >= 11 is 1.42. The van der Waals surface area contributed by atoms with Gasteiger partial charge in [-0.25, -0.2) is 0 Å². The van der Waals surface area contributed by atoms with Crippen molar-refractivity contribution in [2.45, 2.75) is 17.9 Å². The highest BCUT2D eigenvalue weighted by atomic mass is 32.2. The summed E-state index contributed by atoms with van der Waals surface area (Å²) in [5.74, 6) is 1.34. The van der Waals surface area contributed by atoms with E-state index in [1.807, 2.05) is 30.3 Å². The Balaban J connectivity index is 2.08. The third-order valence-electron chi connectivity index (χ3n) is 1.98. The zero-order chi connectivity index (χ0) is 11.4. The van der Waals surface area contributed by atoms with Gasteiger partial charge >= 0.3 is 0 Å². The summed E-state index contributed by atoms with van der Waals surface area (Å²) in [6.07, 6.45) is 0. The van der Waals surface area contributed by atoms with E-state index in [-0.39, 0.29) is 5.56 Å². The van der Waals surface area contributed by atoms with Crippen LogP contribution in [0.3, 0.4) is 0 Å². The van der Waals surface area contributed by atoms with Crippen LogP contribution < -0.4 is 5.56 Å². The van der Waals surface area contributed by atoms with Gasteiger partial charge in [0.05, 0.1) is 0 Å². The number of hydrogen-bond donors (Lipinski definition) is 0. The summed E-state index contributed by atoms with van der Waals surface area (Å²) in [5.41, 5.74) is 0.928. The molecule has 0 atom stereocenters. The molecule has 0 aliphatic heterocycles. The zero-order valence-electron chi connectivity index (χ0n) is 8.84. The van der Waals surface area contributed by atoms with Crippen molar-refractivity contribution >= 4 is 11.8 Å². The maximum Gasteiger partial charge on any atom is 0.276 e. The minimum Gasteiger partial charge on any atom is -0.438 e. The summed E-state index contributed by atoms with van der Waals surface area (Å²) in [6.45, 7) is 1.75. The van der Waals surface area contributed by atoms with Crippen molar-refractivity contribution in [3.63, 3.8) is 0 Å². The molecule has 0 aliphatic rings. The van der Waals surface area contributed by atoms with Gasteiger partial charge in [0.2, 0.25) is 0 Å². The summed E-state index contributed by atoms with van der Waals surface area (Å²) in [4.78, 5) is 14.9. The average Bonchev–Trinajstić information content (AvgIpc) is 2.27. The molecule has 0 aliphatic carbocycles. The van der Waals surface area contributed by atoms with Gasteiger partial charge in [-0.1, -0.05) is 42.1 Å². The van der Waals surface area contributed by atoms with E-state index in [1.54, 1.807) is 6.92 Å². The first-order chi connectivity index (χ1) is 7.74. The Labute approximate surface area is 97.5 Å². The molecule has 0 spiro atoms. The topological polar surface area (TPSA) is 43.1 Å². The van der Waals surface area contributed by atoms with Crippen LogP contribution in [0.2, 0.25) is 0 Å². The van der Waals surface area contributed by atoms with Gasteiger partial charge in [-0.3, -0.25) is 4.79 Å². The van der Waals surface area contributed by atoms with E-state index in [1.165, 1.54) is 23.4 Å². The lowest BCUT2D eigenvalue weighted by molar-refractivity contribution is 0.393. The van der Waals surface area contributed by atoms with Crippen LogP contribution in [0.4, 0.5) is 0 Å². The van der Waals surface area contributed by atoms with Crippen molar-refractivity contribution < 1.29 is 4.42 Å². The molecule has 82 valence electrons. The first kappa shape index (κ1) is 11.0. The van der Waals surface area contributed by atoms with Crippen LogP contribution in [0.5, 0.6) is 0 Å². The predicted octanol–water partition coefficient (Wildman–Crippen LogP) is 2.64. The lowest BCUT2D eigenvalue weighted by Crippen LogP contribution is -2.05. The fraction of sp³-hybridized carbons (Fsp3) is 0.167. The maximum atomic E-state index is 11.1. The fourth-order valence-corrected chi connectivity index (χ4v) is 2.09. The normalized spacial score (nSPS) is 10.3. The first-order valence-electron chi connectivity index (χ1n) is 4.89. The average molecular weight is 233 g/mol. The van der Waals surface area contributed by atoms with E-state index in [0.29, 0.717) is 11.0 Å². The van der Waals surface area contributed by atoms with Gasteiger partial charge in [-0.2, -0.15) is 4.98 Å². The summed E-state index contributed by atoms with van der Waals surface area (Å²) < 4.78 is 5.33. The minimum absolute atomic E-state index is 0.251. The highest BCUT2D eigenvalue weighted by Gasteiger charge is 2.02. The smallest absolute Gasteiger partial charge is 0.276 e. The van der Waals surface area contributed by atoms with Gasteiger partial charge in [0, 0.05) is 11.8 Å². The summed E-state index contributed by atoms with van der Waals surface area (Å²) in [5, 5.41) is 0.425. The highest BCUT2D eigenvalue weighted by Crippen LogP contribution is 2.19. The second kappa shape index (κ2) is 4.99. The first-order valence-corrected chi connectivity index (χ1v) is 5.88. The van der Waals surface area contributed by atoms with E-state index < -0.39 is 0 Å². The van der Waals surface area contributed by atoms with E-state index in [2.05, 4.69) is 4.98 Å². The molecule has 0 fully saturated rings. The third-order valence-corrected chi connectivity index (χ3v) is 2.88. The lowest BCUT2D eigenvalue weighted by Gasteiger charge is -2.00. The number of benzene rings is 1. The Bertz CT molecular complexity index is 522. The zero-order valence-corrected chi connectivity index (χ0v) is 9.66. The molecule has 0 saturated heterocycles. The molecule has 0 saturated carbocycles. The molecule has 1 aromatic carbocycles. The standard InChI is InChI=1S/C12H11NO2S/c1-9-7-11(14)13-12(15-9)16-8-10-5-3-2-4-6-10/h2-7H,8H2,1H3. The summed E-state index contributed by atoms with van der Waals surface area (Å²) in [6, 6.07) is 11.4. The second-order valence-corrected chi connectivity index (χ2v) is 4.27. The van der Waals surface area contributed by atoms with Crippen molar-refractivity contribution in [2.75, 3.05) is 0 Å². The molecule has 0 amide bonds.